The molecule has 0 bridgehead atoms. The second kappa shape index (κ2) is 6.05. The number of hydrogen-bond acceptors (Lipinski definition) is 4. The Morgan fingerprint density at radius 1 is 0.952 bits per heavy atom. The molecule has 0 heterocycles. The van der Waals surface area contributed by atoms with Gasteiger partial charge in [0.05, 0.1) is 24.8 Å². The van der Waals surface area contributed by atoms with Crippen LogP contribution in [0.25, 0.3) is 0 Å². The Labute approximate surface area is 124 Å². The fraction of sp³-hybridized carbons (Fsp3) is 0.200. The predicted octanol–water partition coefficient (Wildman–Crippen LogP) is 2.81. The van der Waals surface area contributed by atoms with Crippen molar-refractivity contribution < 1.29 is 17.9 Å². The first-order valence-corrected chi connectivity index (χ1v) is 7.76. The number of hydrogen-bond donors (Lipinski definition) is 1. The minimum atomic E-state index is -3.66. The van der Waals surface area contributed by atoms with Crippen LogP contribution in [0.15, 0.2) is 47.4 Å². The molecule has 1 N–H and O–H groups in total. The van der Waals surface area contributed by atoms with Gasteiger partial charge in [-0.3, -0.25) is 4.72 Å². The summed E-state index contributed by atoms with van der Waals surface area (Å²) in [7, 11) is -0.587. The molecule has 21 heavy (non-hydrogen) atoms. The highest BCUT2D eigenvalue weighted by atomic mass is 32.2. The van der Waals surface area contributed by atoms with Crippen molar-refractivity contribution in [1.82, 2.24) is 0 Å². The van der Waals surface area contributed by atoms with Crippen LogP contribution in [0, 0.1) is 6.92 Å². The van der Waals surface area contributed by atoms with Gasteiger partial charge in [-0.1, -0.05) is 6.07 Å². The Morgan fingerprint density at radius 3 is 2.24 bits per heavy atom. The van der Waals surface area contributed by atoms with Gasteiger partial charge in [0, 0.05) is 6.07 Å². The number of aryl methyl sites for hydroxylation is 1. The topological polar surface area (TPSA) is 64.6 Å². The quantitative estimate of drug-likeness (QED) is 0.922. The molecule has 2 aromatic rings. The first-order chi connectivity index (χ1) is 9.96. The first kappa shape index (κ1) is 15.2. The maximum absolute atomic E-state index is 12.4. The van der Waals surface area contributed by atoms with Crippen LogP contribution in [0.3, 0.4) is 0 Å². The Kier molecular flexibility index (Phi) is 4.37. The largest absolute Gasteiger partial charge is 0.497 e. The standard InChI is InChI=1S/C15H17NO4S/c1-11-9-14(20-3)7-8-15(11)21(17,18)16-12-5-4-6-13(10-12)19-2/h4-10,16H,1-3H3. The highest BCUT2D eigenvalue weighted by Gasteiger charge is 2.17. The molecule has 0 aliphatic rings. The third kappa shape index (κ3) is 3.46. The summed E-state index contributed by atoms with van der Waals surface area (Å²) >= 11 is 0. The molecule has 0 aromatic heterocycles. The normalized spacial score (nSPS) is 11.0. The van der Waals surface area contributed by atoms with Crippen LogP contribution in [0.2, 0.25) is 0 Å². The van der Waals surface area contributed by atoms with E-state index in [2.05, 4.69) is 4.72 Å². The molecule has 6 heteroatoms. The minimum Gasteiger partial charge on any atom is -0.497 e. The molecular formula is C15H17NO4S. The monoisotopic (exact) mass is 307 g/mol. The highest BCUT2D eigenvalue weighted by molar-refractivity contribution is 7.92. The fourth-order valence-corrected chi connectivity index (χ4v) is 3.22. The second-order valence-corrected chi connectivity index (χ2v) is 6.12. The maximum Gasteiger partial charge on any atom is 0.262 e. The molecule has 5 nitrogen and oxygen atoms in total. The van der Waals surface area contributed by atoms with Crippen LogP contribution in [0.1, 0.15) is 5.56 Å². The molecule has 0 aliphatic heterocycles. The third-order valence-corrected chi connectivity index (χ3v) is 4.54. The SMILES string of the molecule is COc1cccc(NS(=O)(=O)c2ccc(OC)cc2C)c1. The first-order valence-electron chi connectivity index (χ1n) is 6.28. The molecule has 0 saturated carbocycles. The van der Waals surface area contributed by atoms with Gasteiger partial charge in [-0.25, -0.2) is 8.42 Å². The summed E-state index contributed by atoms with van der Waals surface area (Å²) in [5.41, 5.74) is 1.06. The van der Waals surface area contributed by atoms with Crippen molar-refractivity contribution in [3.8, 4) is 11.5 Å². The Bertz CT molecular complexity index is 741. The summed E-state index contributed by atoms with van der Waals surface area (Å²) < 4.78 is 37.6. The second-order valence-electron chi connectivity index (χ2n) is 4.47. The predicted molar refractivity (Wildman–Crippen MR) is 81.5 cm³/mol. The number of rotatable bonds is 5. The van der Waals surface area contributed by atoms with Gasteiger partial charge in [0.15, 0.2) is 0 Å². The summed E-state index contributed by atoms with van der Waals surface area (Å²) in [6.45, 7) is 1.72. The minimum absolute atomic E-state index is 0.214. The number of sulfonamides is 1. The summed E-state index contributed by atoms with van der Waals surface area (Å²) in [6, 6.07) is 11.6. The number of ether oxygens (including phenoxy) is 2. The molecule has 2 aromatic carbocycles. The molecule has 0 radical (unpaired) electrons. The van der Waals surface area contributed by atoms with E-state index in [1.165, 1.54) is 20.3 Å². The summed E-state index contributed by atoms with van der Waals surface area (Å²) in [5, 5.41) is 0. The van der Waals surface area contributed by atoms with Gasteiger partial charge < -0.3 is 9.47 Å². The van der Waals surface area contributed by atoms with Gasteiger partial charge in [-0.15, -0.1) is 0 Å². The molecule has 0 atom stereocenters. The van der Waals surface area contributed by atoms with Gasteiger partial charge in [0.25, 0.3) is 10.0 Å². The zero-order valence-corrected chi connectivity index (χ0v) is 12.9. The summed E-state index contributed by atoms with van der Waals surface area (Å²) in [5.74, 6) is 1.20. The van der Waals surface area contributed by atoms with Crippen LogP contribution < -0.4 is 14.2 Å². The van der Waals surface area contributed by atoms with E-state index in [1.54, 1.807) is 43.3 Å². The van der Waals surface area contributed by atoms with E-state index in [0.29, 0.717) is 22.7 Å². The van der Waals surface area contributed by atoms with E-state index in [0.717, 1.165) is 0 Å². The van der Waals surface area contributed by atoms with Crippen molar-refractivity contribution in [2.75, 3.05) is 18.9 Å². The van der Waals surface area contributed by atoms with Gasteiger partial charge >= 0.3 is 0 Å². The van der Waals surface area contributed by atoms with E-state index in [4.69, 9.17) is 9.47 Å². The van der Waals surface area contributed by atoms with E-state index in [1.807, 2.05) is 0 Å². The van der Waals surface area contributed by atoms with Crippen LogP contribution >= 0.6 is 0 Å². The van der Waals surface area contributed by atoms with E-state index in [-0.39, 0.29) is 4.90 Å². The molecule has 0 spiro atoms. The maximum atomic E-state index is 12.4. The lowest BCUT2D eigenvalue weighted by molar-refractivity contribution is 0.414. The molecule has 0 amide bonds. The summed E-state index contributed by atoms with van der Waals surface area (Å²) in [4.78, 5) is 0.214. The molecule has 112 valence electrons. The van der Waals surface area contributed by atoms with Crippen LogP contribution in [-0.2, 0) is 10.0 Å². The smallest absolute Gasteiger partial charge is 0.262 e. The number of anilines is 1. The molecule has 0 saturated heterocycles. The van der Waals surface area contributed by atoms with Crippen LogP contribution in [0.4, 0.5) is 5.69 Å². The number of methoxy groups -OCH3 is 2. The number of benzene rings is 2. The highest BCUT2D eigenvalue weighted by Crippen LogP contribution is 2.24. The lowest BCUT2D eigenvalue weighted by Crippen LogP contribution is -2.14. The number of nitrogens with one attached hydrogen (secondary N) is 1. The van der Waals surface area contributed by atoms with E-state index >= 15 is 0 Å². The van der Waals surface area contributed by atoms with E-state index in [9.17, 15) is 8.42 Å². The van der Waals surface area contributed by atoms with Crippen molar-refractivity contribution in [2.24, 2.45) is 0 Å². The van der Waals surface area contributed by atoms with Crippen LogP contribution in [0.5, 0.6) is 11.5 Å². The Morgan fingerprint density at radius 2 is 1.62 bits per heavy atom. The van der Waals surface area contributed by atoms with Gasteiger partial charge in [-0.05, 0) is 42.8 Å². The molecular weight excluding hydrogens is 290 g/mol. The van der Waals surface area contributed by atoms with Gasteiger partial charge in [0.2, 0.25) is 0 Å². The average molecular weight is 307 g/mol. The molecule has 0 aliphatic carbocycles. The lowest BCUT2D eigenvalue weighted by Gasteiger charge is -2.12. The molecule has 2 rings (SSSR count). The fourth-order valence-electron chi connectivity index (χ4n) is 1.95. The van der Waals surface area contributed by atoms with Crippen molar-refractivity contribution in [3.63, 3.8) is 0 Å². The van der Waals surface area contributed by atoms with Crippen molar-refractivity contribution in [1.29, 1.82) is 0 Å². The van der Waals surface area contributed by atoms with Gasteiger partial charge in [0.1, 0.15) is 11.5 Å². The average Bonchev–Trinajstić information content (AvgIpc) is 2.46. The van der Waals surface area contributed by atoms with Crippen LogP contribution in [-0.4, -0.2) is 22.6 Å². The van der Waals surface area contributed by atoms with E-state index < -0.39 is 10.0 Å². The Balaban J connectivity index is 2.33. The zero-order chi connectivity index (χ0) is 15.5. The van der Waals surface area contributed by atoms with Crippen molar-refractivity contribution in [3.05, 3.63) is 48.0 Å². The van der Waals surface area contributed by atoms with Crippen molar-refractivity contribution in [2.45, 2.75) is 11.8 Å². The molecule has 0 fully saturated rings. The molecule has 0 unspecified atom stereocenters. The van der Waals surface area contributed by atoms with Crippen molar-refractivity contribution >= 4 is 15.7 Å². The third-order valence-electron chi connectivity index (χ3n) is 2.99. The Hall–Kier alpha value is -2.21. The lowest BCUT2D eigenvalue weighted by atomic mass is 10.2. The zero-order valence-electron chi connectivity index (χ0n) is 12.1. The summed E-state index contributed by atoms with van der Waals surface area (Å²) in [6.07, 6.45) is 0. The van der Waals surface area contributed by atoms with Gasteiger partial charge in [-0.2, -0.15) is 0 Å².